The Kier molecular flexibility index (Phi) is 15.4. The maximum atomic E-state index is 12.8. The zero-order valence-corrected chi connectivity index (χ0v) is 26.5. The van der Waals surface area contributed by atoms with E-state index in [0.717, 1.165) is 30.2 Å². The minimum absolute atomic E-state index is 0.103. The lowest BCUT2D eigenvalue weighted by atomic mass is 10.1. The highest BCUT2D eigenvalue weighted by molar-refractivity contribution is 6.07. The van der Waals surface area contributed by atoms with Gasteiger partial charge in [0.1, 0.15) is 11.5 Å². The van der Waals surface area contributed by atoms with Gasteiger partial charge in [-0.25, -0.2) is 4.79 Å². The molecule has 0 N–H and O–H groups in total. The molecule has 0 saturated heterocycles. The van der Waals surface area contributed by atoms with Crippen LogP contribution < -0.4 is 14.2 Å². The third kappa shape index (κ3) is 12.6. The predicted molar refractivity (Wildman–Crippen MR) is 177 cm³/mol. The van der Waals surface area contributed by atoms with E-state index >= 15 is 0 Å². The van der Waals surface area contributed by atoms with Crippen molar-refractivity contribution in [3.8, 4) is 17.2 Å². The van der Waals surface area contributed by atoms with E-state index in [2.05, 4.69) is 6.92 Å². The molecule has 0 aromatic heterocycles. The Balaban J connectivity index is 1.46. The summed E-state index contributed by atoms with van der Waals surface area (Å²) in [6.07, 6.45) is 16.6. The monoisotopic (exact) mass is 615 g/mol. The van der Waals surface area contributed by atoms with Gasteiger partial charge in [0.25, 0.3) is 0 Å². The number of benzene rings is 3. The number of hydrogen-bond donors (Lipinski definition) is 0. The molecular weight excluding hydrogens is 570 g/mol. The first-order chi connectivity index (χ1) is 21.9. The number of nitro benzene ring substituents is 1. The molecular formula is C37H45NO7. The number of rotatable bonds is 21. The molecule has 0 spiro atoms. The second kappa shape index (κ2) is 19.7. The SMILES string of the molecule is CCCCCCCCCCCCOc1ccc(/C=C/C(=O)c2ccc(OC(=O)c3ccc(OCCC)cc3)c([N+](=O)[O-])c2)cc1. The molecule has 0 fully saturated rings. The number of ketones is 1. The largest absolute Gasteiger partial charge is 0.494 e. The van der Waals surface area contributed by atoms with Crippen LogP contribution in [0.1, 0.15) is 111 Å². The van der Waals surface area contributed by atoms with E-state index in [4.69, 9.17) is 14.2 Å². The van der Waals surface area contributed by atoms with Gasteiger partial charge in [-0.05, 0) is 73.0 Å². The molecule has 0 amide bonds. The summed E-state index contributed by atoms with van der Waals surface area (Å²) in [7, 11) is 0. The fourth-order valence-corrected chi connectivity index (χ4v) is 4.69. The molecule has 8 nitrogen and oxygen atoms in total. The second-order valence-electron chi connectivity index (χ2n) is 11.0. The highest BCUT2D eigenvalue weighted by atomic mass is 16.6. The Morgan fingerprint density at radius 1 is 0.689 bits per heavy atom. The van der Waals surface area contributed by atoms with Crippen molar-refractivity contribution in [1.82, 2.24) is 0 Å². The van der Waals surface area contributed by atoms with E-state index in [1.54, 1.807) is 18.2 Å². The van der Waals surface area contributed by atoms with E-state index in [-0.39, 0.29) is 16.9 Å². The number of carbonyl (C=O) groups is 2. The van der Waals surface area contributed by atoms with Crippen molar-refractivity contribution in [1.29, 1.82) is 0 Å². The third-order valence-corrected chi connectivity index (χ3v) is 7.28. The Bertz CT molecular complexity index is 1380. The standard InChI is InChI=1S/C37H45NO7/c1-3-5-6-7-8-9-10-11-12-13-27-44-32-20-14-29(15-21-32)16-24-35(39)31-19-25-36(34(28-31)38(41)42)45-37(40)30-17-22-33(23-18-30)43-26-4-2/h14-25,28H,3-13,26-27H2,1-2H3/b24-16+. The number of esters is 1. The molecule has 3 aromatic carbocycles. The van der Waals surface area contributed by atoms with E-state index in [1.807, 2.05) is 31.2 Å². The lowest BCUT2D eigenvalue weighted by molar-refractivity contribution is -0.385. The van der Waals surface area contributed by atoms with Crippen LogP contribution in [-0.2, 0) is 0 Å². The van der Waals surface area contributed by atoms with E-state index in [1.165, 1.54) is 88.1 Å². The number of nitrogens with zero attached hydrogens (tertiary/aromatic N) is 1. The molecule has 0 heterocycles. The summed E-state index contributed by atoms with van der Waals surface area (Å²) in [6.45, 7) is 5.46. The highest BCUT2D eigenvalue weighted by Gasteiger charge is 2.21. The van der Waals surface area contributed by atoms with Gasteiger partial charge in [0.05, 0.1) is 23.7 Å². The first-order valence-corrected chi connectivity index (χ1v) is 16.1. The number of allylic oxidation sites excluding steroid dienone is 1. The van der Waals surface area contributed by atoms with Gasteiger partial charge in [-0.15, -0.1) is 0 Å². The van der Waals surface area contributed by atoms with Crippen molar-refractivity contribution < 1.29 is 28.7 Å². The van der Waals surface area contributed by atoms with Crippen LogP contribution >= 0.6 is 0 Å². The van der Waals surface area contributed by atoms with E-state index in [0.29, 0.717) is 19.0 Å². The lowest BCUT2D eigenvalue weighted by Crippen LogP contribution is -2.10. The van der Waals surface area contributed by atoms with Crippen LogP contribution in [0, 0.1) is 10.1 Å². The summed E-state index contributed by atoms with van der Waals surface area (Å²) >= 11 is 0. The number of carbonyl (C=O) groups excluding carboxylic acids is 2. The molecule has 3 aromatic rings. The lowest BCUT2D eigenvalue weighted by Gasteiger charge is -2.08. The first-order valence-electron chi connectivity index (χ1n) is 16.1. The summed E-state index contributed by atoms with van der Waals surface area (Å²) in [5, 5.41) is 11.7. The maximum Gasteiger partial charge on any atom is 0.343 e. The summed E-state index contributed by atoms with van der Waals surface area (Å²) in [6, 6.07) is 17.5. The quantitative estimate of drug-likeness (QED) is 0.0223. The van der Waals surface area contributed by atoms with Gasteiger partial charge in [0.15, 0.2) is 5.78 Å². The Morgan fingerprint density at radius 3 is 1.84 bits per heavy atom. The van der Waals surface area contributed by atoms with Crippen molar-refractivity contribution in [2.75, 3.05) is 13.2 Å². The third-order valence-electron chi connectivity index (χ3n) is 7.28. The fourth-order valence-electron chi connectivity index (χ4n) is 4.69. The van der Waals surface area contributed by atoms with Gasteiger partial charge >= 0.3 is 11.7 Å². The molecule has 240 valence electrons. The maximum absolute atomic E-state index is 12.8. The zero-order valence-electron chi connectivity index (χ0n) is 26.5. The van der Waals surface area contributed by atoms with Crippen molar-refractivity contribution >= 4 is 23.5 Å². The molecule has 0 atom stereocenters. The Labute approximate surface area is 266 Å². The fraction of sp³-hybridized carbons (Fsp3) is 0.405. The molecule has 0 aliphatic heterocycles. The van der Waals surface area contributed by atoms with Crippen LogP contribution in [-0.4, -0.2) is 29.9 Å². The zero-order chi connectivity index (χ0) is 32.3. The van der Waals surface area contributed by atoms with E-state index < -0.39 is 22.4 Å². The van der Waals surface area contributed by atoms with Crippen molar-refractivity contribution in [2.45, 2.75) is 84.5 Å². The van der Waals surface area contributed by atoms with Crippen molar-refractivity contribution in [3.63, 3.8) is 0 Å². The van der Waals surface area contributed by atoms with Crippen LogP contribution in [0.3, 0.4) is 0 Å². The number of hydrogen-bond acceptors (Lipinski definition) is 7. The highest BCUT2D eigenvalue weighted by Crippen LogP contribution is 2.29. The smallest absolute Gasteiger partial charge is 0.343 e. The normalized spacial score (nSPS) is 11.0. The molecule has 0 radical (unpaired) electrons. The molecule has 0 aliphatic carbocycles. The minimum Gasteiger partial charge on any atom is -0.494 e. The van der Waals surface area contributed by atoms with Gasteiger partial charge in [-0.3, -0.25) is 14.9 Å². The molecule has 0 saturated carbocycles. The van der Waals surface area contributed by atoms with Gasteiger partial charge in [-0.1, -0.05) is 89.8 Å². The first kappa shape index (κ1) is 35.0. The van der Waals surface area contributed by atoms with Crippen LogP contribution in [0.2, 0.25) is 0 Å². The number of unbranched alkanes of at least 4 members (excludes halogenated alkanes) is 9. The topological polar surface area (TPSA) is 105 Å². The number of nitro groups is 1. The second-order valence-corrected chi connectivity index (χ2v) is 11.0. The average molecular weight is 616 g/mol. The van der Waals surface area contributed by atoms with Crippen LogP contribution in [0.25, 0.3) is 6.08 Å². The van der Waals surface area contributed by atoms with Gasteiger partial charge in [0.2, 0.25) is 5.75 Å². The molecule has 45 heavy (non-hydrogen) atoms. The Morgan fingerprint density at radius 2 is 1.24 bits per heavy atom. The predicted octanol–water partition coefficient (Wildman–Crippen LogP) is 9.80. The number of ether oxygens (including phenoxy) is 3. The molecule has 0 unspecified atom stereocenters. The van der Waals surface area contributed by atoms with Gasteiger partial charge < -0.3 is 14.2 Å². The molecule has 3 rings (SSSR count). The summed E-state index contributed by atoms with van der Waals surface area (Å²) < 4.78 is 16.7. The average Bonchev–Trinajstić information content (AvgIpc) is 3.06. The van der Waals surface area contributed by atoms with Crippen LogP contribution in [0.4, 0.5) is 5.69 Å². The summed E-state index contributed by atoms with van der Waals surface area (Å²) in [4.78, 5) is 36.4. The van der Waals surface area contributed by atoms with Crippen LogP contribution in [0.5, 0.6) is 17.2 Å². The Hall–Kier alpha value is -4.46. The summed E-state index contributed by atoms with van der Waals surface area (Å²) in [5.41, 5.74) is 0.633. The minimum atomic E-state index is -0.755. The van der Waals surface area contributed by atoms with Crippen molar-refractivity contribution in [3.05, 3.63) is 99.6 Å². The van der Waals surface area contributed by atoms with Gasteiger partial charge in [0, 0.05) is 11.6 Å². The van der Waals surface area contributed by atoms with Crippen molar-refractivity contribution in [2.24, 2.45) is 0 Å². The molecule has 0 bridgehead atoms. The van der Waals surface area contributed by atoms with E-state index in [9.17, 15) is 19.7 Å². The summed E-state index contributed by atoms with van der Waals surface area (Å²) in [5.74, 6) is -0.0321. The molecule has 8 heteroatoms. The van der Waals surface area contributed by atoms with Crippen LogP contribution in [0.15, 0.2) is 72.8 Å². The van der Waals surface area contributed by atoms with Gasteiger partial charge in [-0.2, -0.15) is 0 Å². The molecule has 0 aliphatic rings.